The van der Waals surface area contributed by atoms with E-state index in [1.54, 1.807) is 12.2 Å². The van der Waals surface area contributed by atoms with Crippen molar-refractivity contribution in [3.63, 3.8) is 0 Å². The lowest BCUT2D eigenvalue weighted by molar-refractivity contribution is -0.335. The number of aliphatic hydroxyl groups is 3. The Kier molecular flexibility index (Phi) is 10.0. The fraction of sp³-hybridized carbons (Fsp3) is 0.600. The molecule has 0 unspecified atom stereocenters. The number of ether oxygens (including phenoxy) is 1. The molecule has 0 amide bonds. The zero-order valence-corrected chi connectivity index (χ0v) is 8.81. The van der Waals surface area contributed by atoms with E-state index in [0.717, 1.165) is 0 Å². The minimum absolute atomic E-state index is 0.535. The van der Waals surface area contributed by atoms with Gasteiger partial charge in [0.15, 0.2) is 0 Å². The van der Waals surface area contributed by atoms with Crippen LogP contribution in [0.3, 0.4) is 0 Å². The lowest BCUT2D eigenvalue weighted by Gasteiger charge is -2.16. The monoisotopic (exact) mass is 204 g/mol. The van der Waals surface area contributed by atoms with Crippen LogP contribution in [0.4, 0.5) is 0 Å². The van der Waals surface area contributed by atoms with Crippen molar-refractivity contribution >= 4 is 0 Å². The Morgan fingerprint density at radius 1 is 1.14 bits per heavy atom. The third kappa shape index (κ3) is 13.9. The Balaban J connectivity index is 0. The van der Waals surface area contributed by atoms with Gasteiger partial charge < -0.3 is 20.1 Å². The van der Waals surface area contributed by atoms with Crippen molar-refractivity contribution in [1.82, 2.24) is 0 Å². The molecule has 0 radical (unpaired) electrons. The van der Waals surface area contributed by atoms with E-state index in [4.69, 9.17) is 20.1 Å². The van der Waals surface area contributed by atoms with Crippen LogP contribution in [0.5, 0.6) is 0 Å². The Labute approximate surface area is 85.1 Å². The van der Waals surface area contributed by atoms with Gasteiger partial charge in [-0.05, 0) is 0 Å². The zero-order valence-electron chi connectivity index (χ0n) is 8.81. The first-order valence-electron chi connectivity index (χ1n) is 4.32. The second-order valence-electron chi connectivity index (χ2n) is 2.96. The normalized spacial score (nSPS) is 10.4. The highest BCUT2D eigenvalue weighted by Crippen LogP contribution is 2.06. The van der Waals surface area contributed by atoms with Gasteiger partial charge in [0.1, 0.15) is 0 Å². The van der Waals surface area contributed by atoms with Gasteiger partial charge in [-0.3, -0.25) is 0 Å². The lowest BCUT2D eigenvalue weighted by atomic mass is 10.2. The van der Waals surface area contributed by atoms with E-state index in [-0.39, 0.29) is 0 Å². The summed E-state index contributed by atoms with van der Waals surface area (Å²) in [7, 11) is 0. The predicted molar refractivity (Wildman–Crippen MR) is 55.4 cm³/mol. The molecule has 0 aliphatic carbocycles. The summed E-state index contributed by atoms with van der Waals surface area (Å²) in [6.45, 7) is 11.2. The lowest BCUT2D eigenvalue weighted by Crippen LogP contribution is -2.33. The van der Waals surface area contributed by atoms with Crippen molar-refractivity contribution in [2.75, 3.05) is 13.2 Å². The minimum Gasteiger partial charge on any atom is -0.373 e. The molecule has 0 fully saturated rings. The maximum atomic E-state index is 8.21. The average molecular weight is 204 g/mol. The van der Waals surface area contributed by atoms with Gasteiger partial charge in [-0.25, -0.2) is 0 Å². The van der Waals surface area contributed by atoms with E-state index >= 15 is 0 Å². The molecule has 0 aromatic carbocycles. The molecule has 0 aromatic rings. The first-order chi connectivity index (χ1) is 6.36. The highest BCUT2D eigenvalue weighted by atomic mass is 16.7. The number of rotatable bonds is 5. The Morgan fingerprint density at radius 3 is 1.57 bits per heavy atom. The molecular formula is C10H20O4. The van der Waals surface area contributed by atoms with Crippen molar-refractivity contribution in [2.45, 2.75) is 19.8 Å². The molecule has 84 valence electrons. The molecule has 3 N–H and O–H groups in total. The van der Waals surface area contributed by atoms with Crippen LogP contribution in [-0.4, -0.2) is 34.5 Å². The van der Waals surface area contributed by atoms with Crippen LogP contribution in [0, 0.1) is 5.92 Å². The van der Waals surface area contributed by atoms with Gasteiger partial charge >= 0.3 is 0 Å². The maximum Gasteiger partial charge on any atom is 0.277 e. The van der Waals surface area contributed by atoms with Gasteiger partial charge in [0.05, 0.1) is 13.2 Å². The maximum absolute atomic E-state index is 8.21. The summed E-state index contributed by atoms with van der Waals surface area (Å²) in [6, 6.07) is 0. The van der Waals surface area contributed by atoms with Crippen molar-refractivity contribution in [3.05, 3.63) is 25.3 Å². The first-order valence-corrected chi connectivity index (χ1v) is 4.32. The van der Waals surface area contributed by atoms with E-state index in [1.165, 1.54) is 13.8 Å². The van der Waals surface area contributed by atoms with E-state index in [2.05, 4.69) is 13.2 Å². The second kappa shape index (κ2) is 8.90. The standard InChI is InChI=1S/C6H10O.C4H10O3/c1-3-5-7-6-4-2;1-3(2)4(5,6)7/h3-4H,1-2,5-6H2;3,5-7H,1-2H3. The summed E-state index contributed by atoms with van der Waals surface area (Å²) in [5.74, 6) is -3.03. The first kappa shape index (κ1) is 15.8. The Bertz CT molecular complexity index is 139. The largest absolute Gasteiger partial charge is 0.373 e. The van der Waals surface area contributed by atoms with E-state index in [1.807, 2.05) is 0 Å². The molecule has 0 saturated carbocycles. The quantitative estimate of drug-likeness (QED) is 0.349. The summed E-state index contributed by atoms with van der Waals surface area (Å²) in [5.41, 5.74) is 0. The molecular weight excluding hydrogens is 184 g/mol. The van der Waals surface area contributed by atoms with E-state index in [9.17, 15) is 0 Å². The van der Waals surface area contributed by atoms with Crippen LogP contribution >= 0.6 is 0 Å². The van der Waals surface area contributed by atoms with Crippen molar-refractivity contribution in [2.24, 2.45) is 5.92 Å². The molecule has 0 atom stereocenters. The topological polar surface area (TPSA) is 69.9 Å². The highest BCUT2D eigenvalue weighted by molar-refractivity contribution is 4.68. The Hall–Kier alpha value is -0.680. The molecule has 14 heavy (non-hydrogen) atoms. The molecule has 0 rings (SSSR count). The van der Waals surface area contributed by atoms with Gasteiger partial charge in [0, 0.05) is 5.92 Å². The molecule has 0 saturated heterocycles. The molecule has 4 nitrogen and oxygen atoms in total. The van der Waals surface area contributed by atoms with Gasteiger partial charge in [0.2, 0.25) is 0 Å². The molecule has 0 bridgehead atoms. The number of hydrogen-bond acceptors (Lipinski definition) is 4. The summed E-state index contributed by atoms with van der Waals surface area (Å²) in [5, 5.41) is 24.6. The molecule has 0 aliphatic rings. The van der Waals surface area contributed by atoms with Crippen LogP contribution < -0.4 is 0 Å². The van der Waals surface area contributed by atoms with Gasteiger partial charge in [-0.1, -0.05) is 26.0 Å². The summed E-state index contributed by atoms with van der Waals surface area (Å²) in [6.07, 6.45) is 3.42. The van der Waals surface area contributed by atoms with Gasteiger partial charge in [-0.15, -0.1) is 13.2 Å². The van der Waals surface area contributed by atoms with Crippen molar-refractivity contribution in [3.8, 4) is 0 Å². The molecule has 4 heteroatoms. The second-order valence-corrected chi connectivity index (χ2v) is 2.96. The summed E-state index contributed by atoms with van der Waals surface area (Å²) in [4.78, 5) is 0. The summed E-state index contributed by atoms with van der Waals surface area (Å²) >= 11 is 0. The third-order valence-electron chi connectivity index (χ3n) is 1.25. The molecule has 0 spiro atoms. The minimum atomic E-state index is -2.50. The van der Waals surface area contributed by atoms with Crippen molar-refractivity contribution in [1.29, 1.82) is 0 Å². The molecule has 0 heterocycles. The fourth-order valence-corrected chi connectivity index (χ4v) is 0.235. The fourth-order valence-electron chi connectivity index (χ4n) is 0.235. The van der Waals surface area contributed by atoms with Gasteiger partial charge in [0.25, 0.3) is 5.97 Å². The van der Waals surface area contributed by atoms with Crippen LogP contribution in [0.15, 0.2) is 25.3 Å². The average Bonchev–Trinajstić information content (AvgIpc) is 2.05. The Morgan fingerprint density at radius 2 is 1.43 bits per heavy atom. The van der Waals surface area contributed by atoms with Crippen molar-refractivity contribution < 1.29 is 20.1 Å². The summed E-state index contributed by atoms with van der Waals surface area (Å²) < 4.78 is 4.90. The van der Waals surface area contributed by atoms with E-state index < -0.39 is 11.9 Å². The van der Waals surface area contributed by atoms with Gasteiger partial charge in [-0.2, -0.15) is 0 Å². The van der Waals surface area contributed by atoms with Crippen LogP contribution in [0.1, 0.15) is 13.8 Å². The van der Waals surface area contributed by atoms with Crippen LogP contribution in [0.2, 0.25) is 0 Å². The molecule has 0 aliphatic heterocycles. The number of hydrogen-bond donors (Lipinski definition) is 3. The van der Waals surface area contributed by atoms with Crippen LogP contribution in [-0.2, 0) is 4.74 Å². The SMILES string of the molecule is C=CCOCC=C.CC(C)C(O)(O)O. The third-order valence-corrected chi connectivity index (χ3v) is 1.25. The van der Waals surface area contributed by atoms with E-state index in [0.29, 0.717) is 13.2 Å². The zero-order chi connectivity index (χ0) is 11.6. The highest BCUT2D eigenvalue weighted by Gasteiger charge is 2.22. The predicted octanol–water partition coefficient (Wildman–Crippen LogP) is 0.648. The molecule has 0 aromatic heterocycles. The smallest absolute Gasteiger partial charge is 0.277 e. The van der Waals surface area contributed by atoms with Crippen LogP contribution in [0.25, 0.3) is 0 Å².